The second kappa shape index (κ2) is 4.56. The van der Waals surface area contributed by atoms with E-state index in [4.69, 9.17) is 0 Å². The lowest BCUT2D eigenvalue weighted by Crippen LogP contribution is -2.20. The van der Waals surface area contributed by atoms with Crippen molar-refractivity contribution in [3.63, 3.8) is 0 Å². The molecule has 1 nitrogen and oxygen atoms in total. The van der Waals surface area contributed by atoms with Gasteiger partial charge < -0.3 is 4.90 Å². The van der Waals surface area contributed by atoms with Gasteiger partial charge in [0.15, 0.2) is 0 Å². The first-order chi connectivity index (χ1) is 7.26. The van der Waals surface area contributed by atoms with E-state index >= 15 is 0 Å². The first kappa shape index (κ1) is 11.0. The van der Waals surface area contributed by atoms with E-state index < -0.39 is 0 Å². The van der Waals surface area contributed by atoms with Crippen LogP contribution in [0, 0.1) is 0 Å². The molecule has 0 bridgehead atoms. The molecule has 1 heterocycles. The summed E-state index contributed by atoms with van der Waals surface area (Å²) in [7, 11) is 0. The summed E-state index contributed by atoms with van der Waals surface area (Å²) in [5, 5.41) is 0. The summed E-state index contributed by atoms with van der Waals surface area (Å²) in [6.07, 6.45) is 2.58. The summed E-state index contributed by atoms with van der Waals surface area (Å²) in [5.41, 5.74) is 2.98. The molecule has 0 radical (unpaired) electrons. The second-order valence-electron chi connectivity index (χ2n) is 4.23. The summed E-state index contributed by atoms with van der Waals surface area (Å²) in [5.74, 6) is 0.738. The molecule has 0 fully saturated rings. The van der Waals surface area contributed by atoms with Crippen LogP contribution in [0.25, 0.3) is 0 Å². The Labute approximate surface area is 101 Å². The molecule has 2 rings (SSSR count). The largest absolute Gasteiger partial charge is 0.371 e. The molecule has 0 amide bonds. The minimum absolute atomic E-state index is 0.738. The monoisotopic (exact) mass is 267 g/mol. The van der Waals surface area contributed by atoms with Crippen LogP contribution in [0.1, 0.15) is 38.2 Å². The van der Waals surface area contributed by atoms with Gasteiger partial charge >= 0.3 is 0 Å². The summed E-state index contributed by atoms with van der Waals surface area (Å²) in [6.45, 7) is 6.83. The van der Waals surface area contributed by atoms with Crippen molar-refractivity contribution in [3.05, 3.63) is 28.2 Å². The van der Waals surface area contributed by atoms with Crippen molar-refractivity contribution in [3.8, 4) is 0 Å². The second-order valence-corrected chi connectivity index (χ2v) is 5.14. The maximum absolute atomic E-state index is 3.57. The van der Waals surface area contributed by atoms with Gasteiger partial charge in [-0.1, -0.05) is 29.3 Å². The summed E-state index contributed by atoms with van der Waals surface area (Å²) in [6, 6.07) is 6.69. The van der Waals surface area contributed by atoms with E-state index in [1.54, 1.807) is 0 Å². The maximum Gasteiger partial charge on any atom is 0.0403 e. The molecule has 1 aliphatic rings. The molecule has 2 heteroatoms. The number of fused-ring (bicyclic) bond motifs is 1. The number of benzene rings is 1. The third-order valence-electron chi connectivity index (χ3n) is 3.23. The van der Waals surface area contributed by atoms with Crippen molar-refractivity contribution in [1.82, 2.24) is 0 Å². The summed E-state index contributed by atoms with van der Waals surface area (Å²) in [4.78, 5) is 2.49. The first-order valence-electron chi connectivity index (χ1n) is 5.80. The van der Waals surface area contributed by atoms with E-state index in [1.807, 2.05) is 0 Å². The molecule has 1 atom stereocenters. The summed E-state index contributed by atoms with van der Waals surface area (Å²) < 4.78 is 1.21. The van der Waals surface area contributed by atoms with E-state index in [1.165, 1.54) is 35.1 Å². The van der Waals surface area contributed by atoms with Crippen molar-refractivity contribution in [2.24, 2.45) is 0 Å². The normalized spacial score (nSPS) is 19.4. The van der Waals surface area contributed by atoms with Crippen LogP contribution >= 0.6 is 15.9 Å². The molecule has 15 heavy (non-hydrogen) atoms. The van der Waals surface area contributed by atoms with Gasteiger partial charge in [-0.2, -0.15) is 0 Å². The number of rotatable bonds is 3. The number of hydrogen-bond donors (Lipinski definition) is 0. The van der Waals surface area contributed by atoms with Crippen molar-refractivity contribution in [2.45, 2.75) is 32.6 Å². The highest BCUT2D eigenvalue weighted by Crippen LogP contribution is 2.39. The zero-order valence-electron chi connectivity index (χ0n) is 9.46. The van der Waals surface area contributed by atoms with Crippen LogP contribution in [0.5, 0.6) is 0 Å². The lowest BCUT2D eigenvalue weighted by Gasteiger charge is -2.16. The first-order valence-corrected chi connectivity index (χ1v) is 6.60. The average molecular weight is 268 g/mol. The van der Waals surface area contributed by atoms with Crippen molar-refractivity contribution < 1.29 is 0 Å². The van der Waals surface area contributed by atoms with E-state index in [9.17, 15) is 0 Å². The Hall–Kier alpha value is -0.500. The lowest BCUT2D eigenvalue weighted by molar-refractivity contribution is 0.631. The van der Waals surface area contributed by atoms with Crippen LogP contribution in [0.3, 0.4) is 0 Å². The average Bonchev–Trinajstić information content (AvgIpc) is 2.57. The Morgan fingerprint density at radius 3 is 2.87 bits per heavy atom. The van der Waals surface area contributed by atoms with Crippen molar-refractivity contribution in [1.29, 1.82) is 0 Å². The van der Waals surface area contributed by atoms with Gasteiger partial charge in [0, 0.05) is 29.2 Å². The van der Waals surface area contributed by atoms with Gasteiger partial charge in [0.1, 0.15) is 0 Å². The summed E-state index contributed by atoms with van der Waals surface area (Å²) >= 11 is 3.57. The molecule has 0 saturated heterocycles. The molecular formula is C13H18BrN. The quantitative estimate of drug-likeness (QED) is 0.795. The highest BCUT2D eigenvalue weighted by Gasteiger charge is 2.26. The van der Waals surface area contributed by atoms with Crippen molar-refractivity contribution >= 4 is 21.6 Å². The standard InChI is InChI=1S/C13H18BrN/c1-3-5-10-9-15(4-2)13-7-6-11(14)8-12(10)13/h6-8,10H,3-5,9H2,1-2H3. The molecule has 1 unspecified atom stereocenters. The third-order valence-corrected chi connectivity index (χ3v) is 3.72. The van der Waals surface area contributed by atoms with Gasteiger partial charge in [-0.25, -0.2) is 0 Å². The number of likely N-dealkylation sites (N-methyl/N-ethyl adjacent to an activating group) is 1. The predicted octanol–water partition coefficient (Wildman–Crippen LogP) is 4.17. The van der Waals surface area contributed by atoms with E-state index in [0.717, 1.165) is 12.5 Å². The molecule has 0 saturated carbocycles. The number of anilines is 1. The van der Waals surface area contributed by atoms with Gasteiger partial charge in [-0.05, 0) is 37.1 Å². The van der Waals surface area contributed by atoms with Crippen molar-refractivity contribution in [2.75, 3.05) is 18.0 Å². The highest BCUT2D eigenvalue weighted by atomic mass is 79.9. The lowest BCUT2D eigenvalue weighted by atomic mass is 9.97. The predicted molar refractivity (Wildman–Crippen MR) is 69.7 cm³/mol. The molecule has 1 aliphatic heterocycles. The fourth-order valence-electron chi connectivity index (χ4n) is 2.50. The van der Waals surface area contributed by atoms with Crippen LogP contribution in [0.4, 0.5) is 5.69 Å². The van der Waals surface area contributed by atoms with E-state index in [2.05, 4.69) is 52.9 Å². The Balaban J connectivity index is 2.34. The topological polar surface area (TPSA) is 3.24 Å². The van der Waals surface area contributed by atoms with Crippen LogP contribution in [-0.2, 0) is 0 Å². The minimum atomic E-state index is 0.738. The minimum Gasteiger partial charge on any atom is -0.371 e. The molecule has 0 aromatic heterocycles. The smallest absolute Gasteiger partial charge is 0.0403 e. The number of halogens is 1. The van der Waals surface area contributed by atoms with Crippen LogP contribution < -0.4 is 4.90 Å². The Morgan fingerprint density at radius 2 is 2.20 bits per heavy atom. The number of hydrogen-bond acceptors (Lipinski definition) is 1. The van der Waals surface area contributed by atoms with Gasteiger partial charge in [0.25, 0.3) is 0 Å². The molecule has 0 spiro atoms. The molecule has 0 N–H and O–H groups in total. The fraction of sp³-hybridized carbons (Fsp3) is 0.538. The Bertz CT molecular complexity index is 348. The molecule has 1 aromatic rings. The molecular weight excluding hydrogens is 250 g/mol. The van der Waals surface area contributed by atoms with Gasteiger partial charge in [-0.15, -0.1) is 0 Å². The van der Waals surface area contributed by atoms with Gasteiger partial charge in [0.2, 0.25) is 0 Å². The SMILES string of the molecule is CCCC1CN(CC)c2ccc(Br)cc21. The van der Waals surface area contributed by atoms with Gasteiger partial charge in [-0.3, -0.25) is 0 Å². The zero-order chi connectivity index (χ0) is 10.8. The number of nitrogens with zero attached hydrogens (tertiary/aromatic N) is 1. The Morgan fingerprint density at radius 1 is 1.40 bits per heavy atom. The van der Waals surface area contributed by atoms with E-state index in [-0.39, 0.29) is 0 Å². The maximum atomic E-state index is 3.57. The Kier molecular flexibility index (Phi) is 3.35. The molecule has 0 aliphatic carbocycles. The molecule has 82 valence electrons. The third kappa shape index (κ3) is 2.05. The van der Waals surface area contributed by atoms with Gasteiger partial charge in [0.05, 0.1) is 0 Å². The zero-order valence-corrected chi connectivity index (χ0v) is 11.0. The van der Waals surface area contributed by atoms with Crippen LogP contribution in [0.15, 0.2) is 22.7 Å². The fourth-order valence-corrected chi connectivity index (χ4v) is 2.88. The van der Waals surface area contributed by atoms with Crippen LogP contribution in [-0.4, -0.2) is 13.1 Å². The van der Waals surface area contributed by atoms with Crippen LogP contribution in [0.2, 0.25) is 0 Å². The van der Waals surface area contributed by atoms with E-state index in [0.29, 0.717) is 0 Å². The molecule has 1 aromatic carbocycles. The highest BCUT2D eigenvalue weighted by molar-refractivity contribution is 9.10.